The summed E-state index contributed by atoms with van der Waals surface area (Å²) < 4.78 is 10.5. The van der Waals surface area contributed by atoms with Crippen molar-refractivity contribution in [3.8, 4) is 11.5 Å². The summed E-state index contributed by atoms with van der Waals surface area (Å²) in [6, 6.07) is 9.89. The van der Waals surface area contributed by atoms with Crippen LogP contribution in [0.15, 0.2) is 36.4 Å². The molecule has 0 unspecified atom stereocenters. The molecule has 0 saturated heterocycles. The number of hydrogen-bond acceptors (Lipinski definition) is 5. The van der Waals surface area contributed by atoms with E-state index in [2.05, 4.69) is 19.2 Å². The number of rotatable bonds is 7. The van der Waals surface area contributed by atoms with Crippen LogP contribution in [-0.2, 0) is 0 Å². The number of nitro benzene ring substituents is 1. The highest BCUT2D eigenvalue weighted by molar-refractivity contribution is 6.07. The van der Waals surface area contributed by atoms with Crippen LogP contribution < -0.4 is 14.8 Å². The van der Waals surface area contributed by atoms with Crippen LogP contribution in [0.5, 0.6) is 11.5 Å². The van der Waals surface area contributed by atoms with Crippen LogP contribution in [0.2, 0.25) is 0 Å². The third-order valence-electron chi connectivity index (χ3n) is 3.86. The Morgan fingerprint density at radius 2 is 1.85 bits per heavy atom. The zero-order valence-electron chi connectivity index (χ0n) is 15.2. The van der Waals surface area contributed by atoms with E-state index in [1.165, 1.54) is 19.2 Å². The lowest BCUT2D eigenvalue weighted by atomic mass is 10.0. The molecule has 138 valence electrons. The highest BCUT2D eigenvalue weighted by Gasteiger charge is 2.24. The average Bonchev–Trinajstić information content (AvgIpc) is 2.61. The molecule has 7 heteroatoms. The molecule has 0 atom stereocenters. The molecular weight excluding hydrogens is 336 g/mol. The van der Waals surface area contributed by atoms with Gasteiger partial charge in [-0.05, 0) is 30.5 Å². The smallest absolute Gasteiger partial charge is 0.286 e. The summed E-state index contributed by atoms with van der Waals surface area (Å²) in [5.41, 5.74) is 1.26. The summed E-state index contributed by atoms with van der Waals surface area (Å²) >= 11 is 0. The molecule has 1 N–H and O–H groups in total. The van der Waals surface area contributed by atoms with Gasteiger partial charge >= 0.3 is 0 Å². The number of nitrogens with zero attached hydrogens (tertiary/aromatic N) is 1. The van der Waals surface area contributed by atoms with Gasteiger partial charge in [0.05, 0.1) is 24.7 Å². The Morgan fingerprint density at radius 1 is 1.19 bits per heavy atom. The van der Waals surface area contributed by atoms with E-state index in [0.29, 0.717) is 18.2 Å². The number of hydrogen-bond donors (Lipinski definition) is 1. The van der Waals surface area contributed by atoms with E-state index in [1.807, 2.05) is 12.1 Å². The SMILES string of the molecule is CCOc1cc(C(=O)Nc2ccc(C(C)C)cc2)c([N+](=O)[O-])cc1OC. The Hall–Kier alpha value is -3.09. The summed E-state index contributed by atoms with van der Waals surface area (Å²) in [6.45, 7) is 6.26. The summed E-state index contributed by atoms with van der Waals surface area (Å²) in [5, 5.41) is 14.1. The van der Waals surface area contributed by atoms with E-state index in [0.717, 1.165) is 5.56 Å². The standard InChI is InChI=1S/C19H22N2O5/c1-5-26-18-10-15(16(21(23)24)11-17(18)25-4)19(22)20-14-8-6-13(7-9-14)12(2)3/h6-12H,5H2,1-4H3,(H,20,22). The lowest BCUT2D eigenvalue weighted by Gasteiger charge is -2.12. The van der Waals surface area contributed by atoms with Gasteiger partial charge in [-0.15, -0.1) is 0 Å². The van der Waals surface area contributed by atoms with E-state index >= 15 is 0 Å². The van der Waals surface area contributed by atoms with Crippen molar-refractivity contribution in [3.63, 3.8) is 0 Å². The molecule has 0 aromatic heterocycles. The molecule has 0 saturated carbocycles. The van der Waals surface area contributed by atoms with Crippen LogP contribution in [-0.4, -0.2) is 24.5 Å². The minimum absolute atomic E-state index is 0.0906. The predicted octanol–water partition coefficient (Wildman–Crippen LogP) is 4.38. The van der Waals surface area contributed by atoms with E-state index in [-0.39, 0.29) is 22.7 Å². The number of nitrogens with one attached hydrogen (secondary N) is 1. The topological polar surface area (TPSA) is 90.7 Å². The first-order valence-corrected chi connectivity index (χ1v) is 8.27. The summed E-state index contributed by atoms with van der Waals surface area (Å²) in [7, 11) is 1.39. The van der Waals surface area contributed by atoms with Gasteiger partial charge in [0.25, 0.3) is 11.6 Å². The molecule has 0 spiro atoms. The number of amides is 1. The summed E-state index contributed by atoms with van der Waals surface area (Å²) in [5.74, 6) is 0.270. The van der Waals surface area contributed by atoms with Crippen molar-refractivity contribution < 1.29 is 19.2 Å². The highest BCUT2D eigenvalue weighted by atomic mass is 16.6. The van der Waals surface area contributed by atoms with Gasteiger partial charge in [0.2, 0.25) is 0 Å². The fourth-order valence-corrected chi connectivity index (χ4v) is 2.46. The van der Waals surface area contributed by atoms with Gasteiger partial charge in [0.1, 0.15) is 5.56 Å². The third-order valence-corrected chi connectivity index (χ3v) is 3.86. The Morgan fingerprint density at radius 3 is 2.35 bits per heavy atom. The van der Waals surface area contributed by atoms with E-state index in [9.17, 15) is 14.9 Å². The maximum absolute atomic E-state index is 12.6. The van der Waals surface area contributed by atoms with Gasteiger partial charge in [-0.1, -0.05) is 26.0 Å². The quantitative estimate of drug-likeness (QED) is 0.586. The van der Waals surface area contributed by atoms with Crippen molar-refractivity contribution in [2.24, 2.45) is 0 Å². The van der Waals surface area contributed by atoms with Crippen molar-refractivity contribution in [2.45, 2.75) is 26.7 Å². The Kier molecular flexibility index (Phi) is 6.16. The predicted molar refractivity (Wildman–Crippen MR) is 99.3 cm³/mol. The van der Waals surface area contributed by atoms with E-state index in [4.69, 9.17) is 9.47 Å². The second-order valence-electron chi connectivity index (χ2n) is 5.94. The van der Waals surface area contributed by atoms with E-state index in [1.54, 1.807) is 19.1 Å². The number of methoxy groups -OCH3 is 1. The lowest BCUT2D eigenvalue weighted by molar-refractivity contribution is -0.385. The van der Waals surface area contributed by atoms with Gasteiger partial charge < -0.3 is 14.8 Å². The van der Waals surface area contributed by atoms with Crippen molar-refractivity contribution >= 4 is 17.3 Å². The van der Waals surface area contributed by atoms with Gasteiger partial charge in [-0.2, -0.15) is 0 Å². The van der Waals surface area contributed by atoms with Crippen molar-refractivity contribution in [3.05, 3.63) is 57.6 Å². The molecule has 0 aliphatic carbocycles. The lowest BCUT2D eigenvalue weighted by Crippen LogP contribution is -2.14. The van der Waals surface area contributed by atoms with Crippen LogP contribution >= 0.6 is 0 Å². The monoisotopic (exact) mass is 358 g/mol. The second kappa shape index (κ2) is 8.33. The summed E-state index contributed by atoms with van der Waals surface area (Å²) in [6.07, 6.45) is 0. The summed E-state index contributed by atoms with van der Waals surface area (Å²) in [4.78, 5) is 23.4. The van der Waals surface area contributed by atoms with Crippen molar-refractivity contribution in [1.29, 1.82) is 0 Å². The number of ether oxygens (including phenoxy) is 2. The highest BCUT2D eigenvalue weighted by Crippen LogP contribution is 2.35. The van der Waals surface area contributed by atoms with Gasteiger partial charge in [0, 0.05) is 11.8 Å². The molecular formula is C19H22N2O5. The van der Waals surface area contributed by atoms with Gasteiger partial charge in [0.15, 0.2) is 11.5 Å². The zero-order chi connectivity index (χ0) is 19.3. The molecule has 2 aromatic rings. The first-order chi connectivity index (χ1) is 12.4. The van der Waals surface area contributed by atoms with Crippen molar-refractivity contribution in [1.82, 2.24) is 0 Å². The minimum Gasteiger partial charge on any atom is -0.493 e. The number of carbonyl (C=O) groups excluding carboxylic acids is 1. The molecule has 0 fully saturated rings. The van der Waals surface area contributed by atoms with Crippen LogP contribution in [0.3, 0.4) is 0 Å². The first-order valence-electron chi connectivity index (χ1n) is 8.27. The molecule has 0 bridgehead atoms. The van der Waals surface area contributed by atoms with Crippen LogP contribution in [0.1, 0.15) is 42.6 Å². The Labute approximate surface area is 152 Å². The molecule has 0 heterocycles. The number of nitro groups is 1. The van der Waals surface area contributed by atoms with Gasteiger partial charge in [-0.25, -0.2) is 0 Å². The molecule has 2 rings (SSSR count). The van der Waals surface area contributed by atoms with E-state index < -0.39 is 10.8 Å². The number of benzene rings is 2. The van der Waals surface area contributed by atoms with Gasteiger partial charge in [-0.3, -0.25) is 14.9 Å². The maximum atomic E-state index is 12.6. The Bertz CT molecular complexity index is 800. The minimum atomic E-state index is -0.616. The molecule has 0 aliphatic heterocycles. The number of carbonyl (C=O) groups is 1. The first kappa shape index (κ1) is 19.2. The number of anilines is 1. The largest absolute Gasteiger partial charge is 0.493 e. The van der Waals surface area contributed by atoms with Crippen LogP contribution in [0.25, 0.3) is 0 Å². The normalized spacial score (nSPS) is 10.5. The molecule has 0 radical (unpaired) electrons. The molecule has 2 aromatic carbocycles. The van der Waals surface area contributed by atoms with Crippen LogP contribution in [0, 0.1) is 10.1 Å². The maximum Gasteiger partial charge on any atom is 0.286 e. The molecule has 0 aliphatic rings. The fraction of sp³-hybridized carbons (Fsp3) is 0.316. The zero-order valence-corrected chi connectivity index (χ0v) is 15.2. The van der Waals surface area contributed by atoms with Crippen molar-refractivity contribution in [2.75, 3.05) is 19.0 Å². The molecule has 7 nitrogen and oxygen atoms in total. The molecule has 1 amide bonds. The third kappa shape index (κ3) is 4.30. The second-order valence-corrected chi connectivity index (χ2v) is 5.94. The average molecular weight is 358 g/mol. The molecule has 26 heavy (non-hydrogen) atoms. The van der Waals surface area contributed by atoms with Crippen LogP contribution in [0.4, 0.5) is 11.4 Å². The fourth-order valence-electron chi connectivity index (χ4n) is 2.46. The Balaban J connectivity index is 2.36.